The largest absolute Gasteiger partial charge is 0.491 e. The number of ether oxygens (including phenoxy) is 1. The molecule has 0 aliphatic rings. The summed E-state index contributed by atoms with van der Waals surface area (Å²) in [5.41, 5.74) is 0. The van der Waals surface area contributed by atoms with Gasteiger partial charge in [0, 0.05) is 17.9 Å². The zero-order valence-electron chi connectivity index (χ0n) is 10.2. The Morgan fingerprint density at radius 2 is 1.84 bits per heavy atom. The second-order valence-corrected chi connectivity index (χ2v) is 7.15. The van der Waals surface area contributed by atoms with Gasteiger partial charge in [-0.2, -0.15) is 0 Å². The van der Waals surface area contributed by atoms with E-state index in [4.69, 9.17) is 60.4 Å². The van der Waals surface area contributed by atoms with E-state index in [-0.39, 0.29) is 33.2 Å². The van der Waals surface area contributed by atoms with Gasteiger partial charge in [0.1, 0.15) is 10.0 Å². The van der Waals surface area contributed by atoms with Gasteiger partial charge in [-0.15, -0.1) is 0 Å². The van der Waals surface area contributed by atoms with E-state index in [2.05, 4.69) is 0 Å². The summed E-state index contributed by atoms with van der Waals surface area (Å²) in [6.45, 7) is 0.587. The van der Waals surface area contributed by atoms with Crippen LogP contribution in [0.4, 0.5) is 0 Å². The molecule has 0 aromatic heterocycles. The fourth-order valence-electron chi connectivity index (χ4n) is 1.21. The molecule has 0 saturated heterocycles. The van der Waals surface area contributed by atoms with Crippen molar-refractivity contribution >= 4 is 53.3 Å². The average molecular weight is 366 g/mol. The van der Waals surface area contributed by atoms with Gasteiger partial charge in [-0.25, -0.2) is 0 Å². The average Bonchev–Trinajstić information content (AvgIpc) is 2.31. The van der Waals surface area contributed by atoms with Crippen LogP contribution in [0.25, 0.3) is 0 Å². The Hall–Kier alpha value is 0.260. The Bertz CT molecular complexity index is 512. The molecule has 9 heteroatoms. The molecule has 19 heavy (non-hydrogen) atoms. The van der Waals surface area contributed by atoms with Crippen molar-refractivity contribution in [1.82, 2.24) is 0 Å². The Kier molecular flexibility index (Phi) is 6.67. The number of rotatable bonds is 6. The smallest absolute Gasteiger partial charge is 0.377 e. The van der Waals surface area contributed by atoms with Crippen LogP contribution in [0.1, 0.15) is 13.8 Å². The quantitative estimate of drug-likeness (QED) is 0.586. The van der Waals surface area contributed by atoms with E-state index in [0.717, 1.165) is 0 Å². The summed E-state index contributed by atoms with van der Waals surface area (Å²) in [5, 5.41) is 0.429. The number of hydrogen-bond donors (Lipinski definition) is 1. The van der Waals surface area contributed by atoms with Crippen molar-refractivity contribution in [3.05, 3.63) is 21.1 Å². The summed E-state index contributed by atoms with van der Waals surface area (Å²) in [5.74, 6) is 0.249. The maximum Gasteiger partial charge on any atom is 0.377 e. The highest BCUT2D eigenvalue weighted by Crippen LogP contribution is 2.51. The molecule has 1 rings (SSSR count). The van der Waals surface area contributed by atoms with Gasteiger partial charge in [0.25, 0.3) is 0 Å². The molecule has 1 atom stereocenters. The summed E-state index contributed by atoms with van der Waals surface area (Å²) in [7, 11) is 0. The molecule has 0 radical (unpaired) electrons. The minimum Gasteiger partial charge on any atom is -0.491 e. The Morgan fingerprint density at radius 1 is 1.21 bits per heavy atom. The van der Waals surface area contributed by atoms with Gasteiger partial charge in [-0.1, -0.05) is 34.8 Å². The number of benzene rings is 1. The first kappa shape index (κ1) is 17.3. The van der Waals surface area contributed by atoms with Crippen molar-refractivity contribution in [3.63, 3.8) is 0 Å². The van der Waals surface area contributed by atoms with Gasteiger partial charge >= 0.3 is 6.72 Å². The van der Waals surface area contributed by atoms with Crippen molar-refractivity contribution in [2.45, 2.75) is 13.8 Å². The molecule has 0 bridgehead atoms. The van der Waals surface area contributed by atoms with E-state index in [1.807, 2.05) is 0 Å². The lowest BCUT2D eigenvalue weighted by Gasteiger charge is -2.18. The molecule has 108 valence electrons. The third-order valence-electron chi connectivity index (χ3n) is 1.88. The van der Waals surface area contributed by atoms with Crippen LogP contribution in [0.2, 0.25) is 15.1 Å². The first-order chi connectivity index (χ1) is 8.82. The van der Waals surface area contributed by atoms with Gasteiger partial charge in [0.2, 0.25) is 0 Å². The molecule has 0 heterocycles. The van der Waals surface area contributed by atoms with Gasteiger partial charge in [0.05, 0.1) is 18.2 Å². The molecule has 1 aromatic carbocycles. The summed E-state index contributed by atoms with van der Waals surface area (Å²) < 4.78 is 15.4. The zero-order chi connectivity index (χ0) is 14.6. The van der Waals surface area contributed by atoms with Crippen LogP contribution in [0, 0.1) is 0 Å². The van der Waals surface area contributed by atoms with Crippen LogP contribution in [0.15, 0.2) is 6.07 Å². The molecule has 0 saturated carbocycles. The van der Waals surface area contributed by atoms with E-state index >= 15 is 0 Å². The third kappa shape index (κ3) is 4.64. The van der Waals surface area contributed by atoms with Crippen molar-refractivity contribution in [1.29, 1.82) is 0 Å². The summed E-state index contributed by atoms with van der Waals surface area (Å²) in [4.78, 5) is 9.78. The second kappa shape index (κ2) is 7.32. The maximum atomic E-state index is 9.78. The second-order valence-electron chi connectivity index (χ2n) is 3.22. The highest BCUT2D eigenvalue weighted by molar-refractivity contribution is 8.07. The molecule has 0 spiro atoms. The lowest BCUT2D eigenvalue weighted by molar-refractivity contribution is 0.270. The van der Waals surface area contributed by atoms with Gasteiger partial charge in [0.15, 0.2) is 11.5 Å². The fourth-order valence-corrected chi connectivity index (χ4v) is 3.27. The molecule has 0 fully saturated rings. The maximum absolute atomic E-state index is 9.78. The lowest BCUT2D eigenvalue weighted by Crippen LogP contribution is -1.99. The van der Waals surface area contributed by atoms with Crippen molar-refractivity contribution in [2.24, 2.45) is 0 Å². The number of halogens is 3. The third-order valence-corrected chi connectivity index (χ3v) is 4.56. The first-order valence-electron chi connectivity index (χ1n) is 5.29. The predicted octanol–water partition coefficient (Wildman–Crippen LogP) is 4.68. The van der Waals surface area contributed by atoms with Gasteiger partial charge in [-0.05, 0) is 13.8 Å². The van der Waals surface area contributed by atoms with Crippen LogP contribution in [-0.2, 0) is 16.3 Å². The minimum absolute atomic E-state index is 0.0683. The fraction of sp³-hybridized carbons (Fsp3) is 0.400. The standard InChI is InChI=1S/C10H12Cl3O4PS/c1-3-15-10-8(12)6(11)5-7(9(10)13)17-18(14,19)16-4-2/h5H,3-4H2,1-2H3,(H,14,19). The van der Waals surface area contributed by atoms with E-state index in [1.165, 1.54) is 6.07 Å². The molecular formula is C10H12Cl3O4PS. The predicted molar refractivity (Wildman–Crippen MR) is 81.4 cm³/mol. The molecule has 4 nitrogen and oxygen atoms in total. The Balaban J connectivity index is 3.19. The Labute approximate surface area is 131 Å². The lowest BCUT2D eigenvalue weighted by atomic mass is 10.3. The molecule has 0 aliphatic heterocycles. The summed E-state index contributed by atoms with van der Waals surface area (Å²) in [6, 6.07) is 1.35. The zero-order valence-corrected chi connectivity index (χ0v) is 14.1. The molecular weight excluding hydrogens is 354 g/mol. The van der Waals surface area contributed by atoms with Gasteiger partial charge in [-0.3, -0.25) is 4.52 Å². The van der Waals surface area contributed by atoms with Crippen LogP contribution in [0.5, 0.6) is 11.5 Å². The van der Waals surface area contributed by atoms with Crippen LogP contribution < -0.4 is 9.26 Å². The van der Waals surface area contributed by atoms with Crippen molar-refractivity contribution in [3.8, 4) is 11.5 Å². The van der Waals surface area contributed by atoms with Crippen molar-refractivity contribution in [2.75, 3.05) is 13.2 Å². The molecule has 1 aromatic rings. The van der Waals surface area contributed by atoms with E-state index in [0.29, 0.717) is 6.61 Å². The van der Waals surface area contributed by atoms with Crippen molar-refractivity contribution < 1.29 is 18.7 Å². The first-order valence-corrected chi connectivity index (χ1v) is 9.02. The highest BCUT2D eigenvalue weighted by Gasteiger charge is 2.23. The van der Waals surface area contributed by atoms with Crippen LogP contribution in [0.3, 0.4) is 0 Å². The topological polar surface area (TPSA) is 47.9 Å². The van der Waals surface area contributed by atoms with E-state index in [1.54, 1.807) is 13.8 Å². The molecule has 1 unspecified atom stereocenters. The molecule has 1 N–H and O–H groups in total. The SMILES string of the molecule is CCOc1c(Cl)c(Cl)cc(OP(O)(=S)OCC)c1Cl. The molecule has 0 aliphatic carbocycles. The number of hydrogen-bond acceptors (Lipinski definition) is 4. The summed E-state index contributed by atoms with van der Waals surface area (Å²) >= 11 is 22.8. The van der Waals surface area contributed by atoms with Crippen LogP contribution in [-0.4, -0.2) is 18.1 Å². The molecule has 0 amide bonds. The minimum atomic E-state index is -3.42. The van der Waals surface area contributed by atoms with Gasteiger partial charge < -0.3 is 14.2 Å². The monoisotopic (exact) mass is 364 g/mol. The van der Waals surface area contributed by atoms with Crippen LogP contribution >= 0.6 is 41.5 Å². The van der Waals surface area contributed by atoms with E-state index < -0.39 is 6.72 Å². The highest BCUT2D eigenvalue weighted by atomic mass is 35.5. The summed E-state index contributed by atoms with van der Waals surface area (Å²) in [6.07, 6.45) is 0. The normalized spacial score (nSPS) is 14.0. The van der Waals surface area contributed by atoms with E-state index in [9.17, 15) is 4.89 Å². The Morgan fingerprint density at radius 3 is 2.37 bits per heavy atom.